The van der Waals surface area contributed by atoms with Crippen LogP contribution in [0.15, 0.2) is 23.1 Å². The minimum absolute atomic E-state index is 0.0296. The van der Waals surface area contributed by atoms with Gasteiger partial charge >= 0.3 is 0 Å². The van der Waals surface area contributed by atoms with Crippen molar-refractivity contribution in [2.24, 2.45) is 0 Å². The van der Waals surface area contributed by atoms with E-state index in [4.69, 9.17) is 22.1 Å². The molecule has 0 aliphatic carbocycles. The van der Waals surface area contributed by atoms with E-state index in [2.05, 4.69) is 0 Å². The Bertz CT molecular complexity index is 528. The SMILES string of the molecule is CCC(C)N(CCOC)S(=O)(=O)c1c(N)cccc1Cl. The highest BCUT2D eigenvalue weighted by molar-refractivity contribution is 7.89. The molecule has 0 aliphatic heterocycles. The number of sulfonamides is 1. The minimum Gasteiger partial charge on any atom is -0.398 e. The molecule has 0 amide bonds. The first-order valence-corrected chi connectivity index (χ1v) is 8.22. The molecule has 0 spiro atoms. The summed E-state index contributed by atoms with van der Waals surface area (Å²) in [5.74, 6) is 0. The molecule has 5 nitrogen and oxygen atoms in total. The number of nitrogens with zero attached hydrogens (tertiary/aromatic N) is 1. The number of hydrogen-bond acceptors (Lipinski definition) is 4. The monoisotopic (exact) mass is 320 g/mol. The standard InChI is InChI=1S/C13H21ClN2O3S/c1-4-10(2)16(8-9-19-3)20(17,18)13-11(14)6-5-7-12(13)15/h5-7,10H,4,8-9,15H2,1-3H3. The van der Waals surface area contributed by atoms with Crippen LogP contribution in [-0.2, 0) is 14.8 Å². The van der Waals surface area contributed by atoms with E-state index in [-0.39, 0.29) is 28.2 Å². The Morgan fingerprint density at radius 2 is 2.10 bits per heavy atom. The second-order valence-corrected chi connectivity index (χ2v) is 6.76. The molecule has 0 saturated heterocycles. The van der Waals surface area contributed by atoms with Crippen LogP contribution in [0.25, 0.3) is 0 Å². The van der Waals surface area contributed by atoms with Crippen LogP contribution < -0.4 is 5.73 Å². The van der Waals surface area contributed by atoms with Gasteiger partial charge in [-0.2, -0.15) is 4.31 Å². The third kappa shape index (κ3) is 3.63. The van der Waals surface area contributed by atoms with E-state index in [0.29, 0.717) is 13.0 Å². The predicted octanol–water partition coefficient (Wildman–Crippen LogP) is 2.36. The lowest BCUT2D eigenvalue weighted by molar-refractivity contribution is 0.167. The zero-order chi connectivity index (χ0) is 15.3. The van der Waals surface area contributed by atoms with Crippen LogP contribution in [0, 0.1) is 0 Å². The average molecular weight is 321 g/mol. The third-order valence-corrected chi connectivity index (χ3v) is 5.72. The van der Waals surface area contributed by atoms with Gasteiger partial charge in [0.25, 0.3) is 0 Å². The number of nitrogen functional groups attached to an aromatic ring is 1. The van der Waals surface area contributed by atoms with E-state index in [1.54, 1.807) is 6.07 Å². The van der Waals surface area contributed by atoms with Crippen LogP contribution in [0.2, 0.25) is 5.02 Å². The van der Waals surface area contributed by atoms with Gasteiger partial charge in [-0.1, -0.05) is 24.6 Å². The van der Waals surface area contributed by atoms with Gasteiger partial charge in [0.15, 0.2) is 0 Å². The first-order chi connectivity index (χ1) is 9.36. The van der Waals surface area contributed by atoms with Gasteiger partial charge in [0.1, 0.15) is 4.90 Å². The summed E-state index contributed by atoms with van der Waals surface area (Å²) in [6, 6.07) is 4.52. The molecule has 0 aliphatic rings. The molecule has 1 aromatic rings. The van der Waals surface area contributed by atoms with Crippen molar-refractivity contribution in [3.8, 4) is 0 Å². The lowest BCUT2D eigenvalue weighted by atomic mass is 10.3. The molecule has 1 rings (SSSR count). The van der Waals surface area contributed by atoms with E-state index < -0.39 is 10.0 Å². The molecule has 0 bridgehead atoms. The van der Waals surface area contributed by atoms with E-state index in [0.717, 1.165) is 0 Å². The zero-order valence-electron chi connectivity index (χ0n) is 12.0. The number of halogens is 1. The van der Waals surface area contributed by atoms with E-state index in [1.165, 1.54) is 23.5 Å². The van der Waals surface area contributed by atoms with Gasteiger partial charge in [-0.05, 0) is 25.5 Å². The Hall–Kier alpha value is -0.820. The average Bonchev–Trinajstić information content (AvgIpc) is 2.38. The first kappa shape index (κ1) is 17.2. The number of nitrogens with two attached hydrogens (primary N) is 1. The fourth-order valence-corrected chi connectivity index (χ4v) is 4.20. The third-order valence-electron chi connectivity index (χ3n) is 3.16. The number of hydrogen-bond donors (Lipinski definition) is 1. The van der Waals surface area contributed by atoms with Gasteiger partial charge in [-0.25, -0.2) is 8.42 Å². The molecule has 1 atom stereocenters. The summed E-state index contributed by atoms with van der Waals surface area (Å²) in [6.07, 6.45) is 0.688. The molecule has 0 radical (unpaired) electrons. The van der Waals surface area contributed by atoms with Gasteiger partial charge in [0, 0.05) is 19.7 Å². The number of rotatable bonds is 7. The Morgan fingerprint density at radius 1 is 1.45 bits per heavy atom. The molecule has 1 unspecified atom stereocenters. The Labute approximate surface area is 125 Å². The van der Waals surface area contributed by atoms with Gasteiger partial charge in [-0.3, -0.25) is 0 Å². The Morgan fingerprint density at radius 3 is 2.60 bits per heavy atom. The summed E-state index contributed by atoms with van der Waals surface area (Å²) < 4.78 is 31.9. The normalized spacial score (nSPS) is 13.7. The molecular formula is C13H21ClN2O3S. The van der Waals surface area contributed by atoms with Gasteiger partial charge < -0.3 is 10.5 Å². The van der Waals surface area contributed by atoms with Crippen molar-refractivity contribution < 1.29 is 13.2 Å². The largest absolute Gasteiger partial charge is 0.398 e. The number of methoxy groups -OCH3 is 1. The van der Waals surface area contributed by atoms with Crippen LogP contribution in [0.1, 0.15) is 20.3 Å². The fourth-order valence-electron chi connectivity index (χ4n) is 1.88. The second-order valence-electron chi connectivity index (χ2n) is 4.52. The van der Waals surface area contributed by atoms with Crippen molar-refractivity contribution in [1.29, 1.82) is 0 Å². The highest BCUT2D eigenvalue weighted by Crippen LogP contribution is 2.31. The van der Waals surface area contributed by atoms with Crippen molar-refractivity contribution >= 4 is 27.3 Å². The summed E-state index contributed by atoms with van der Waals surface area (Å²) in [5, 5.41) is 0.135. The maximum absolute atomic E-state index is 12.8. The topological polar surface area (TPSA) is 72.6 Å². The predicted molar refractivity (Wildman–Crippen MR) is 81.4 cm³/mol. The van der Waals surface area contributed by atoms with Crippen LogP contribution in [-0.4, -0.2) is 39.0 Å². The quantitative estimate of drug-likeness (QED) is 0.783. The summed E-state index contributed by atoms with van der Waals surface area (Å²) in [6.45, 7) is 4.35. The van der Waals surface area contributed by atoms with Gasteiger partial charge in [-0.15, -0.1) is 0 Å². The number of ether oxygens (including phenoxy) is 1. The Balaban J connectivity index is 3.29. The summed E-state index contributed by atoms with van der Waals surface area (Å²) in [5.41, 5.74) is 5.95. The van der Waals surface area contributed by atoms with Crippen LogP contribution >= 0.6 is 11.6 Å². The summed E-state index contributed by atoms with van der Waals surface area (Å²) in [4.78, 5) is -0.0296. The van der Waals surface area contributed by atoms with Crippen molar-refractivity contribution in [3.63, 3.8) is 0 Å². The molecule has 1 aromatic carbocycles. The van der Waals surface area contributed by atoms with Crippen molar-refractivity contribution in [2.75, 3.05) is 26.0 Å². The number of benzene rings is 1. The fraction of sp³-hybridized carbons (Fsp3) is 0.538. The molecule has 114 valence electrons. The molecular weight excluding hydrogens is 300 g/mol. The molecule has 2 N–H and O–H groups in total. The summed E-state index contributed by atoms with van der Waals surface area (Å²) >= 11 is 6.02. The Kier molecular flexibility index (Phi) is 6.26. The van der Waals surface area contributed by atoms with Gasteiger partial charge in [0.2, 0.25) is 10.0 Å². The molecule has 0 heterocycles. The van der Waals surface area contributed by atoms with Crippen LogP contribution in [0.3, 0.4) is 0 Å². The molecule has 0 aromatic heterocycles. The first-order valence-electron chi connectivity index (χ1n) is 6.41. The second kappa shape index (κ2) is 7.26. The molecule has 0 fully saturated rings. The summed E-state index contributed by atoms with van der Waals surface area (Å²) in [7, 11) is -2.22. The van der Waals surface area contributed by atoms with Crippen molar-refractivity contribution in [1.82, 2.24) is 4.31 Å². The number of anilines is 1. The smallest absolute Gasteiger partial charge is 0.246 e. The molecule has 0 saturated carbocycles. The van der Waals surface area contributed by atoms with Crippen molar-refractivity contribution in [3.05, 3.63) is 23.2 Å². The minimum atomic E-state index is -3.75. The highest BCUT2D eigenvalue weighted by atomic mass is 35.5. The molecule has 7 heteroatoms. The maximum atomic E-state index is 12.8. The highest BCUT2D eigenvalue weighted by Gasteiger charge is 2.31. The lowest BCUT2D eigenvalue weighted by Crippen LogP contribution is -2.40. The molecule has 20 heavy (non-hydrogen) atoms. The zero-order valence-corrected chi connectivity index (χ0v) is 13.5. The van der Waals surface area contributed by atoms with E-state index in [9.17, 15) is 8.42 Å². The van der Waals surface area contributed by atoms with Crippen LogP contribution in [0.4, 0.5) is 5.69 Å². The van der Waals surface area contributed by atoms with Crippen molar-refractivity contribution in [2.45, 2.75) is 31.2 Å². The van der Waals surface area contributed by atoms with Gasteiger partial charge in [0.05, 0.1) is 17.3 Å². The maximum Gasteiger partial charge on any atom is 0.246 e. The van der Waals surface area contributed by atoms with E-state index >= 15 is 0 Å². The lowest BCUT2D eigenvalue weighted by Gasteiger charge is -2.28. The van der Waals surface area contributed by atoms with Crippen LogP contribution in [0.5, 0.6) is 0 Å². The van der Waals surface area contributed by atoms with E-state index in [1.807, 2.05) is 13.8 Å².